The first-order valence-electron chi connectivity index (χ1n) is 7.46. The fourth-order valence-corrected chi connectivity index (χ4v) is 2.36. The van der Waals surface area contributed by atoms with Crippen LogP contribution in [0.3, 0.4) is 0 Å². The summed E-state index contributed by atoms with van der Waals surface area (Å²) in [4.78, 5) is 0. The lowest BCUT2D eigenvalue weighted by molar-refractivity contribution is 0.157. The zero-order chi connectivity index (χ0) is 12.5. The molecule has 0 aliphatic heterocycles. The first-order chi connectivity index (χ1) is 8.24. The van der Waals surface area contributed by atoms with Gasteiger partial charge in [0.05, 0.1) is 6.61 Å². The van der Waals surface area contributed by atoms with Crippen molar-refractivity contribution in [2.75, 3.05) is 20.3 Å². The van der Waals surface area contributed by atoms with Crippen LogP contribution in [0.15, 0.2) is 0 Å². The summed E-state index contributed by atoms with van der Waals surface area (Å²) in [6, 6.07) is 0.621. The third-order valence-electron chi connectivity index (χ3n) is 3.65. The molecule has 1 aliphatic carbocycles. The molecule has 1 N–H and O–H groups in total. The number of nitrogens with one attached hydrogen (secondary N) is 1. The van der Waals surface area contributed by atoms with E-state index in [0.29, 0.717) is 6.04 Å². The van der Waals surface area contributed by atoms with Crippen molar-refractivity contribution in [2.24, 2.45) is 11.8 Å². The second-order valence-corrected chi connectivity index (χ2v) is 5.95. The van der Waals surface area contributed by atoms with Crippen LogP contribution in [-0.4, -0.2) is 26.3 Å². The summed E-state index contributed by atoms with van der Waals surface area (Å²) in [5.41, 5.74) is 0. The van der Waals surface area contributed by atoms with Gasteiger partial charge in [0.15, 0.2) is 0 Å². The minimum Gasteiger partial charge on any atom is -0.383 e. The third-order valence-corrected chi connectivity index (χ3v) is 3.65. The Balaban J connectivity index is 1.88. The lowest BCUT2D eigenvalue weighted by atomic mass is 10.0. The standard InChI is InChI=1S/C15H31NO/c1-13(2)8-6-4-5-7-11-16-15(12-17-3)14-9-10-14/h13-16H,4-12H2,1-3H3. The van der Waals surface area contributed by atoms with Gasteiger partial charge in [-0.25, -0.2) is 0 Å². The molecule has 0 saturated heterocycles. The Bertz CT molecular complexity index is 178. The molecule has 0 amide bonds. The summed E-state index contributed by atoms with van der Waals surface area (Å²) in [6.07, 6.45) is 9.70. The number of methoxy groups -OCH3 is 1. The Labute approximate surface area is 108 Å². The van der Waals surface area contributed by atoms with Gasteiger partial charge in [0.2, 0.25) is 0 Å². The van der Waals surface area contributed by atoms with Crippen LogP contribution in [0.5, 0.6) is 0 Å². The van der Waals surface area contributed by atoms with Crippen molar-refractivity contribution in [2.45, 2.75) is 64.8 Å². The molecule has 1 unspecified atom stereocenters. The second-order valence-electron chi connectivity index (χ2n) is 5.95. The molecule has 0 bridgehead atoms. The van der Waals surface area contributed by atoms with Crippen LogP contribution in [0.25, 0.3) is 0 Å². The first kappa shape index (κ1) is 15.0. The van der Waals surface area contributed by atoms with Crippen LogP contribution in [0.4, 0.5) is 0 Å². The van der Waals surface area contributed by atoms with Gasteiger partial charge < -0.3 is 10.1 Å². The van der Waals surface area contributed by atoms with Gasteiger partial charge in [0.25, 0.3) is 0 Å². The molecule has 0 aromatic rings. The van der Waals surface area contributed by atoms with E-state index >= 15 is 0 Å². The van der Waals surface area contributed by atoms with Gasteiger partial charge in [0, 0.05) is 13.2 Å². The van der Waals surface area contributed by atoms with E-state index < -0.39 is 0 Å². The van der Waals surface area contributed by atoms with Crippen LogP contribution in [0.1, 0.15) is 58.8 Å². The summed E-state index contributed by atoms with van der Waals surface area (Å²) in [5, 5.41) is 3.66. The first-order valence-corrected chi connectivity index (χ1v) is 7.46. The van der Waals surface area contributed by atoms with E-state index in [1.807, 2.05) is 7.11 Å². The largest absolute Gasteiger partial charge is 0.383 e. The maximum absolute atomic E-state index is 5.26. The van der Waals surface area contributed by atoms with Gasteiger partial charge >= 0.3 is 0 Å². The monoisotopic (exact) mass is 241 g/mol. The third kappa shape index (κ3) is 7.77. The van der Waals surface area contributed by atoms with Crippen LogP contribution >= 0.6 is 0 Å². The van der Waals surface area contributed by atoms with Crippen molar-refractivity contribution in [3.05, 3.63) is 0 Å². The lowest BCUT2D eigenvalue weighted by Crippen LogP contribution is -2.35. The second kappa shape index (κ2) is 8.93. The van der Waals surface area contributed by atoms with Gasteiger partial charge in [-0.1, -0.05) is 39.5 Å². The van der Waals surface area contributed by atoms with Crippen molar-refractivity contribution in [3.63, 3.8) is 0 Å². The van der Waals surface area contributed by atoms with Crippen molar-refractivity contribution in [1.82, 2.24) is 5.32 Å². The normalized spacial score (nSPS) is 17.6. The average Bonchev–Trinajstić information content (AvgIpc) is 3.09. The highest BCUT2D eigenvalue weighted by Crippen LogP contribution is 2.32. The van der Waals surface area contributed by atoms with Gasteiger partial charge in [-0.3, -0.25) is 0 Å². The SMILES string of the molecule is COCC(NCCCCCCC(C)C)C1CC1. The van der Waals surface area contributed by atoms with Crippen molar-refractivity contribution >= 4 is 0 Å². The topological polar surface area (TPSA) is 21.3 Å². The van der Waals surface area contributed by atoms with Gasteiger partial charge in [-0.15, -0.1) is 0 Å². The summed E-state index contributed by atoms with van der Waals surface area (Å²) in [7, 11) is 1.81. The minimum absolute atomic E-state index is 0.621. The molecule has 2 heteroatoms. The molecule has 0 aromatic carbocycles. The Hall–Kier alpha value is -0.0800. The van der Waals surface area contributed by atoms with Gasteiger partial charge in [0.1, 0.15) is 0 Å². The predicted molar refractivity (Wildman–Crippen MR) is 74.3 cm³/mol. The van der Waals surface area contributed by atoms with E-state index in [9.17, 15) is 0 Å². The van der Waals surface area contributed by atoms with Crippen LogP contribution < -0.4 is 5.32 Å². The molecule has 0 radical (unpaired) electrons. The Morgan fingerprint density at radius 1 is 1.12 bits per heavy atom. The van der Waals surface area contributed by atoms with E-state index in [-0.39, 0.29) is 0 Å². The van der Waals surface area contributed by atoms with Crippen molar-refractivity contribution < 1.29 is 4.74 Å². The molecule has 17 heavy (non-hydrogen) atoms. The molecule has 0 aromatic heterocycles. The average molecular weight is 241 g/mol. The zero-order valence-electron chi connectivity index (χ0n) is 12.0. The molecule has 1 fully saturated rings. The predicted octanol–water partition coefficient (Wildman–Crippen LogP) is 3.61. The Morgan fingerprint density at radius 2 is 1.82 bits per heavy atom. The number of unbranched alkanes of at least 4 members (excludes halogenated alkanes) is 3. The quantitative estimate of drug-likeness (QED) is 0.558. The molecule has 1 atom stereocenters. The molecule has 1 rings (SSSR count). The van der Waals surface area contributed by atoms with Crippen LogP contribution in [0, 0.1) is 11.8 Å². The molecule has 0 heterocycles. The smallest absolute Gasteiger partial charge is 0.0618 e. The summed E-state index contributed by atoms with van der Waals surface area (Å²) < 4.78 is 5.26. The highest BCUT2D eigenvalue weighted by atomic mass is 16.5. The fourth-order valence-electron chi connectivity index (χ4n) is 2.36. The van der Waals surface area contributed by atoms with Crippen LogP contribution in [0.2, 0.25) is 0 Å². The molecule has 0 spiro atoms. The number of hydrogen-bond acceptors (Lipinski definition) is 2. The number of ether oxygens (including phenoxy) is 1. The Morgan fingerprint density at radius 3 is 2.41 bits per heavy atom. The maximum atomic E-state index is 5.26. The maximum Gasteiger partial charge on any atom is 0.0618 e. The number of rotatable bonds is 11. The molecule has 2 nitrogen and oxygen atoms in total. The fraction of sp³-hybridized carbons (Fsp3) is 1.00. The van der Waals surface area contributed by atoms with Crippen molar-refractivity contribution in [3.8, 4) is 0 Å². The summed E-state index contributed by atoms with van der Waals surface area (Å²) in [5.74, 6) is 1.77. The molecular formula is C15H31NO. The van der Waals surface area contributed by atoms with E-state index in [4.69, 9.17) is 4.74 Å². The molecule has 1 saturated carbocycles. The molecule has 102 valence electrons. The molecular weight excluding hydrogens is 210 g/mol. The van der Waals surface area contributed by atoms with Gasteiger partial charge in [-0.05, 0) is 37.6 Å². The van der Waals surface area contributed by atoms with E-state index in [1.165, 1.54) is 51.5 Å². The highest BCUT2D eigenvalue weighted by Gasteiger charge is 2.30. The minimum atomic E-state index is 0.621. The van der Waals surface area contributed by atoms with Gasteiger partial charge in [-0.2, -0.15) is 0 Å². The molecule has 1 aliphatic rings. The van der Waals surface area contributed by atoms with E-state index in [0.717, 1.165) is 18.4 Å². The Kier molecular flexibility index (Phi) is 7.87. The zero-order valence-corrected chi connectivity index (χ0v) is 12.0. The van der Waals surface area contributed by atoms with E-state index in [2.05, 4.69) is 19.2 Å². The van der Waals surface area contributed by atoms with Crippen LogP contribution in [-0.2, 0) is 4.74 Å². The highest BCUT2D eigenvalue weighted by molar-refractivity contribution is 4.86. The van der Waals surface area contributed by atoms with E-state index in [1.54, 1.807) is 0 Å². The van der Waals surface area contributed by atoms with Crippen molar-refractivity contribution in [1.29, 1.82) is 0 Å². The number of hydrogen-bond donors (Lipinski definition) is 1. The summed E-state index contributed by atoms with van der Waals surface area (Å²) in [6.45, 7) is 6.68. The summed E-state index contributed by atoms with van der Waals surface area (Å²) >= 11 is 0. The lowest BCUT2D eigenvalue weighted by Gasteiger charge is -2.17.